The molecule has 0 aliphatic rings. The molecule has 1 aromatic heterocycles. The summed E-state index contributed by atoms with van der Waals surface area (Å²) in [4.78, 5) is 10.5. The van der Waals surface area contributed by atoms with Gasteiger partial charge >= 0.3 is 5.69 Å². The van der Waals surface area contributed by atoms with E-state index in [2.05, 4.69) is 5.16 Å². The average Bonchev–Trinajstić information content (AvgIpc) is 3.01. The van der Waals surface area contributed by atoms with Crippen LogP contribution in [0.2, 0.25) is 5.02 Å². The fourth-order valence-corrected chi connectivity index (χ4v) is 2.60. The van der Waals surface area contributed by atoms with E-state index < -0.39 is 10.7 Å². The lowest BCUT2D eigenvalue weighted by atomic mass is 10.2. The van der Waals surface area contributed by atoms with E-state index >= 15 is 0 Å². The molecular weight excluding hydrogens is 375 g/mol. The molecule has 1 heterocycles. The minimum Gasteiger partial charge on any atom is -0.489 e. The van der Waals surface area contributed by atoms with E-state index in [0.29, 0.717) is 10.8 Å². The molecule has 6 nitrogen and oxygen atoms in total. The number of aromatic nitrogens is 1. The summed E-state index contributed by atoms with van der Waals surface area (Å²) in [6.07, 6.45) is 3.14. The van der Waals surface area contributed by atoms with E-state index in [9.17, 15) is 14.5 Å². The van der Waals surface area contributed by atoms with Crippen LogP contribution in [0.25, 0.3) is 12.2 Å². The number of hydrogen-bond donors (Lipinski definition) is 0. The second-order valence-corrected chi connectivity index (χ2v) is 6.04. The van der Waals surface area contributed by atoms with Crippen molar-refractivity contribution in [2.24, 2.45) is 0 Å². The summed E-state index contributed by atoms with van der Waals surface area (Å²) in [5.74, 6) is 0.186. The second kappa shape index (κ2) is 8.01. The highest BCUT2D eigenvalue weighted by molar-refractivity contribution is 6.31. The van der Waals surface area contributed by atoms with Gasteiger partial charge in [-0.1, -0.05) is 41.0 Å². The predicted octanol–water partition coefficient (Wildman–Crippen LogP) is 5.43. The van der Waals surface area contributed by atoms with Gasteiger partial charge in [-0.15, -0.1) is 0 Å². The zero-order chi connectivity index (χ0) is 19.4. The van der Waals surface area contributed by atoms with Gasteiger partial charge in [-0.2, -0.15) is 0 Å². The number of nitro groups is 1. The van der Waals surface area contributed by atoms with Crippen molar-refractivity contribution in [1.29, 1.82) is 0 Å². The lowest BCUT2D eigenvalue weighted by Crippen LogP contribution is -1.99. The number of rotatable bonds is 6. The zero-order valence-electron chi connectivity index (χ0n) is 14.2. The van der Waals surface area contributed by atoms with Crippen LogP contribution < -0.4 is 4.74 Å². The third-order valence-corrected chi connectivity index (χ3v) is 4.15. The Morgan fingerprint density at radius 3 is 2.67 bits per heavy atom. The van der Waals surface area contributed by atoms with Gasteiger partial charge in [0.1, 0.15) is 18.2 Å². The van der Waals surface area contributed by atoms with Crippen LogP contribution in [0, 0.1) is 22.9 Å². The fourth-order valence-electron chi connectivity index (χ4n) is 2.39. The van der Waals surface area contributed by atoms with Crippen molar-refractivity contribution in [3.63, 3.8) is 0 Å². The predicted molar refractivity (Wildman–Crippen MR) is 99.0 cm³/mol. The van der Waals surface area contributed by atoms with E-state index in [0.717, 1.165) is 5.56 Å². The number of ether oxygens (including phenoxy) is 1. The molecule has 3 rings (SSSR count). The Bertz CT molecular complexity index is 979. The van der Waals surface area contributed by atoms with Gasteiger partial charge in [-0.25, -0.2) is 4.39 Å². The molecule has 0 N–H and O–H groups in total. The summed E-state index contributed by atoms with van der Waals surface area (Å²) in [6.45, 7) is 1.51. The van der Waals surface area contributed by atoms with E-state index in [1.807, 2.05) is 0 Å². The van der Waals surface area contributed by atoms with E-state index in [4.69, 9.17) is 20.9 Å². The number of halogens is 2. The average molecular weight is 389 g/mol. The Labute approximate surface area is 159 Å². The third kappa shape index (κ3) is 4.32. The van der Waals surface area contributed by atoms with Gasteiger partial charge in [0.05, 0.1) is 9.95 Å². The first-order valence-electron chi connectivity index (χ1n) is 7.90. The van der Waals surface area contributed by atoms with Crippen LogP contribution in [0.5, 0.6) is 5.75 Å². The van der Waals surface area contributed by atoms with Crippen LogP contribution in [0.3, 0.4) is 0 Å². The Balaban J connectivity index is 1.68. The van der Waals surface area contributed by atoms with Gasteiger partial charge in [0.15, 0.2) is 5.69 Å². The molecular formula is C19H14ClFN2O4. The molecule has 8 heteroatoms. The fraction of sp³-hybridized carbons (Fsp3) is 0.105. The first-order valence-corrected chi connectivity index (χ1v) is 8.28. The summed E-state index contributed by atoms with van der Waals surface area (Å²) in [5.41, 5.74) is 1.12. The minimum absolute atomic E-state index is 0.00420. The minimum atomic E-state index is -0.531. The van der Waals surface area contributed by atoms with Crippen LogP contribution >= 0.6 is 11.6 Å². The summed E-state index contributed by atoms with van der Waals surface area (Å²) >= 11 is 5.97. The standard InChI is InChI=1S/C19H14ClFN2O4/c1-12-19(23(24)25)18(27-22-12)10-7-13-5-8-14(9-6-13)26-11-15-16(20)3-2-4-17(15)21/h2-10H,11H2,1H3/b10-7+. The number of nitrogens with zero attached hydrogens (tertiary/aromatic N) is 2. The Kier molecular flexibility index (Phi) is 5.52. The van der Waals surface area contributed by atoms with Crippen LogP contribution in [-0.4, -0.2) is 10.1 Å². The van der Waals surface area contributed by atoms with Gasteiger partial charge in [0, 0.05) is 5.56 Å². The van der Waals surface area contributed by atoms with Crippen molar-refractivity contribution in [1.82, 2.24) is 5.16 Å². The van der Waals surface area contributed by atoms with Gasteiger partial charge in [-0.05, 0) is 42.8 Å². The monoisotopic (exact) mass is 388 g/mol. The van der Waals surface area contributed by atoms with Crippen molar-refractivity contribution in [2.75, 3.05) is 0 Å². The molecule has 0 spiro atoms. The summed E-state index contributed by atoms with van der Waals surface area (Å²) in [5, 5.41) is 14.9. The van der Waals surface area contributed by atoms with Crippen LogP contribution in [0.15, 0.2) is 47.0 Å². The maximum absolute atomic E-state index is 13.7. The highest BCUT2D eigenvalue weighted by Gasteiger charge is 2.21. The Morgan fingerprint density at radius 2 is 2.00 bits per heavy atom. The van der Waals surface area contributed by atoms with Crippen molar-refractivity contribution in [2.45, 2.75) is 13.5 Å². The molecule has 0 fully saturated rings. The SMILES string of the molecule is Cc1noc(/C=C/c2ccc(OCc3c(F)cccc3Cl)cc2)c1[N+](=O)[O-]. The molecule has 27 heavy (non-hydrogen) atoms. The van der Waals surface area contributed by atoms with Crippen LogP contribution in [0.1, 0.15) is 22.6 Å². The molecule has 3 aromatic rings. The summed E-state index contributed by atoms with van der Waals surface area (Å²) in [6, 6.07) is 11.4. The van der Waals surface area contributed by atoms with Crippen LogP contribution in [-0.2, 0) is 6.61 Å². The maximum atomic E-state index is 13.7. The van der Waals surface area contributed by atoms with Crippen molar-refractivity contribution in [3.8, 4) is 5.75 Å². The van der Waals surface area contributed by atoms with Gasteiger partial charge < -0.3 is 9.26 Å². The van der Waals surface area contributed by atoms with Crippen LogP contribution in [0.4, 0.5) is 10.1 Å². The molecule has 0 unspecified atom stereocenters. The zero-order valence-corrected chi connectivity index (χ0v) is 14.9. The van der Waals surface area contributed by atoms with Gasteiger partial charge in [-0.3, -0.25) is 10.1 Å². The van der Waals surface area contributed by atoms with Gasteiger partial charge in [0.25, 0.3) is 0 Å². The third-order valence-electron chi connectivity index (χ3n) is 3.79. The molecule has 0 aliphatic carbocycles. The molecule has 0 radical (unpaired) electrons. The molecule has 0 atom stereocenters. The molecule has 0 saturated carbocycles. The number of benzene rings is 2. The molecule has 0 amide bonds. The summed E-state index contributed by atoms with van der Waals surface area (Å²) in [7, 11) is 0. The quantitative estimate of drug-likeness (QED) is 0.415. The topological polar surface area (TPSA) is 78.4 Å². The van der Waals surface area contributed by atoms with Crippen molar-refractivity contribution < 1.29 is 18.6 Å². The Hall–Kier alpha value is -3.19. The van der Waals surface area contributed by atoms with Gasteiger partial charge in [0.2, 0.25) is 5.76 Å². The molecule has 2 aromatic carbocycles. The maximum Gasteiger partial charge on any atom is 0.338 e. The Morgan fingerprint density at radius 1 is 1.26 bits per heavy atom. The number of hydrogen-bond acceptors (Lipinski definition) is 5. The lowest BCUT2D eigenvalue weighted by molar-refractivity contribution is -0.386. The largest absolute Gasteiger partial charge is 0.489 e. The van der Waals surface area contributed by atoms with E-state index in [1.165, 1.54) is 25.1 Å². The highest BCUT2D eigenvalue weighted by Crippen LogP contribution is 2.25. The second-order valence-electron chi connectivity index (χ2n) is 5.63. The normalized spacial score (nSPS) is 11.1. The van der Waals surface area contributed by atoms with E-state index in [1.54, 1.807) is 36.4 Å². The van der Waals surface area contributed by atoms with Crippen molar-refractivity contribution in [3.05, 3.63) is 86.0 Å². The molecule has 0 bridgehead atoms. The molecule has 138 valence electrons. The molecule has 0 aliphatic heterocycles. The van der Waals surface area contributed by atoms with Crippen molar-refractivity contribution >= 4 is 29.4 Å². The lowest BCUT2D eigenvalue weighted by Gasteiger charge is -2.09. The first kappa shape index (κ1) is 18.6. The van der Waals surface area contributed by atoms with E-state index in [-0.39, 0.29) is 29.3 Å². The first-order chi connectivity index (χ1) is 13.0. The molecule has 0 saturated heterocycles. The summed E-state index contributed by atoms with van der Waals surface area (Å²) < 4.78 is 24.3. The smallest absolute Gasteiger partial charge is 0.338 e. The highest BCUT2D eigenvalue weighted by atomic mass is 35.5. The number of aryl methyl sites for hydroxylation is 1.